The zero-order valence-electron chi connectivity index (χ0n) is 14.8. The van der Waals surface area contributed by atoms with Gasteiger partial charge in [0.25, 0.3) is 11.1 Å². The monoisotopic (exact) mass is 383 g/mol. The quantitative estimate of drug-likeness (QED) is 0.880. The number of thioether (sulfide) groups is 1. The molecule has 6 nitrogen and oxygen atoms in total. The molecule has 1 aromatic heterocycles. The van der Waals surface area contributed by atoms with Crippen molar-refractivity contribution in [3.63, 3.8) is 0 Å². The van der Waals surface area contributed by atoms with E-state index in [1.165, 1.54) is 4.90 Å². The molecule has 0 radical (unpaired) electrons. The van der Waals surface area contributed by atoms with Crippen molar-refractivity contribution in [3.05, 3.63) is 54.4 Å². The zero-order chi connectivity index (χ0) is 18.8. The van der Waals surface area contributed by atoms with Crippen LogP contribution in [0.4, 0.5) is 4.79 Å². The van der Waals surface area contributed by atoms with Crippen LogP contribution in [0.3, 0.4) is 0 Å². The van der Waals surface area contributed by atoms with Crippen molar-refractivity contribution >= 4 is 28.8 Å². The van der Waals surface area contributed by atoms with Gasteiger partial charge in [-0.3, -0.25) is 19.3 Å². The van der Waals surface area contributed by atoms with Gasteiger partial charge in [-0.25, -0.2) is 0 Å². The molecule has 0 bridgehead atoms. The molecule has 7 heteroatoms. The van der Waals surface area contributed by atoms with E-state index in [-0.39, 0.29) is 34.9 Å². The maximum absolute atomic E-state index is 12.7. The Kier molecular flexibility index (Phi) is 5.03. The number of nitrogens with one attached hydrogen (secondary N) is 1. The van der Waals surface area contributed by atoms with Crippen LogP contribution in [0.25, 0.3) is 5.69 Å². The van der Waals surface area contributed by atoms with Crippen LogP contribution in [0.2, 0.25) is 0 Å². The minimum Gasteiger partial charge on any atom is -0.347 e. The van der Waals surface area contributed by atoms with Crippen LogP contribution in [0, 0.1) is 0 Å². The number of aromatic nitrogens is 1. The summed E-state index contributed by atoms with van der Waals surface area (Å²) < 4.78 is 1.97. The summed E-state index contributed by atoms with van der Waals surface area (Å²) >= 11 is 1.05. The van der Waals surface area contributed by atoms with Crippen molar-refractivity contribution in [3.8, 4) is 5.69 Å². The van der Waals surface area contributed by atoms with Crippen molar-refractivity contribution in [2.24, 2.45) is 0 Å². The number of carbonyl (C=O) groups excluding carboxylic acids is 3. The second-order valence-electron chi connectivity index (χ2n) is 6.89. The fourth-order valence-electron chi connectivity index (χ4n) is 3.82. The Bertz CT molecular complexity index is 832. The van der Waals surface area contributed by atoms with Crippen molar-refractivity contribution < 1.29 is 14.4 Å². The van der Waals surface area contributed by atoms with Gasteiger partial charge in [0.05, 0.1) is 17.8 Å². The summed E-state index contributed by atoms with van der Waals surface area (Å²) in [4.78, 5) is 38.3. The third kappa shape index (κ3) is 3.64. The summed E-state index contributed by atoms with van der Waals surface area (Å²) in [6.07, 6.45) is 7.37. The molecule has 1 aromatic carbocycles. The first kappa shape index (κ1) is 17.9. The van der Waals surface area contributed by atoms with Crippen LogP contribution in [0.5, 0.6) is 0 Å². The average Bonchev–Trinajstić information content (AvgIpc) is 3.33. The summed E-state index contributed by atoms with van der Waals surface area (Å²) in [5.41, 5.74) is 1.56. The number of nitrogens with zero attached hydrogens (tertiary/aromatic N) is 2. The minimum atomic E-state index is -0.239. The summed E-state index contributed by atoms with van der Waals surface area (Å²) in [7, 11) is 0. The lowest BCUT2D eigenvalue weighted by atomic mass is 9.89. The number of benzene rings is 1. The number of rotatable bonds is 4. The fourth-order valence-corrected chi connectivity index (χ4v) is 4.58. The number of hydrogen-bond acceptors (Lipinski definition) is 4. The number of amides is 3. The molecule has 2 atom stereocenters. The van der Waals surface area contributed by atoms with Crippen LogP contribution < -0.4 is 5.32 Å². The first-order valence-electron chi connectivity index (χ1n) is 9.16. The highest BCUT2D eigenvalue weighted by atomic mass is 32.2. The lowest BCUT2D eigenvalue weighted by molar-refractivity contribution is -0.127. The van der Waals surface area contributed by atoms with Gasteiger partial charge >= 0.3 is 0 Å². The van der Waals surface area contributed by atoms with Crippen molar-refractivity contribution in [1.29, 1.82) is 0 Å². The summed E-state index contributed by atoms with van der Waals surface area (Å²) in [6, 6.07) is 10.9. The highest BCUT2D eigenvalue weighted by Gasteiger charge is 2.41. The normalized spacial score (nSPS) is 22.9. The molecule has 2 heterocycles. The van der Waals surface area contributed by atoms with E-state index in [0.717, 1.165) is 43.1 Å². The van der Waals surface area contributed by atoms with E-state index in [2.05, 4.69) is 5.32 Å². The molecular weight excluding hydrogens is 362 g/mol. The molecule has 0 unspecified atom stereocenters. The zero-order valence-corrected chi connectivity index (χ0v) is 15.7. The number of imide groups is 1. The van der Waals surface area contributed by atoms with Crippen molar-refractivity contribution in [1.82, 2.24) is 14.8 Å². The van der Waals surface area contributed by atoms with Crippen molar-refractivity contribution in [2.75, 3.05) is 5.75 Å². The van der Waals surface area contributed by atoms with E-state index >= 15 is 0 Å². The smallest absolute Gasteiger partial charge is 0.289 e. The maximum Gasteiger partial charge on any atom is 0.289 e. The summed E-state index contributed by atoms with van der Waals surface area (Å²) in [5, 5.41) is 2.86. The average molecular weight is 383 g/mol. The van der Waals surface area contributed by atoms with E-state index in [4.69, 9.17) is 0 Å². The van der Waals surface area contributed by atoms with Crippen LogP contribution in [0.1, 0.15) is 36.0 Å². The number of hydrogen-bond donors (Lipinski definition) is 1. The fraction of sp³-hybridized carbons (Fsp3) is 0.350. The number of carbonyl (C=O) groups is 3. The predicted octanol–water partition coefficient (Wildman–Crippen LogP) is 3.21. The largest absolute Gasteiger partial charge is 0.347 e. The van der Waals surface area contributed by atoms with Crippen LogP contribution in [0.15, 0.2) is 48.8 Å². The van der Waals surface area contributed by atoms with Crippen molar-refractivity contribution in [2.45, 2.75) is 37.8 Å². The summed E-state index contributed by atoms with van der Waals surface area (Å²) in [5.74, 6) is -0.110. The maximum atomic E-state index is 12.7. The molecule has 27 heavy (non-hydrogen) atoms. The van der Waals surface area contributed by atoms with Gasteiger partial charge in [-0.05, 0) is 49.2 Å². The molecule has 140 valence electrons. The molecular formula is C20H21N3O3S. The first-order valence-corrected chi connectivity index (χ1v) is 10.1. The lowest BCUT2D eigenvalue weighted by Crippen LogP contribution is -2.54. The SMILES string of the molecule is O=C(N[C@H]1CCCC[C@H]1N1C(=O)CSC1=O)c1ccc(-n2cccc2)cc1. The Morgan fingerprint density at radius 2 is 1.74 bits per heavy atom. The lowest BCUT2D eigenvalue weighted by Gasteiger charge is -2.36. The highest BCUT2D eigenvalue weighted by Crippen LogP contribution is 2.30. The third-order valence-electron chi connectivity index (χ3n) is 5.19. The van der Waals surface area contributed by atoms with Crippen LogP contribution in [-0.2, 0) is 4.79 Å². The Morgan fingerprint density at radius 3 is 2.41 bits per heavy atom. The Hall–Kier alpha value is -2.54. The van der Waals surface area contributed by atoms with Gasteiger partial charge in [-0.15, -0.1) is 0 Å². The topological polar surface area (TPSA) is 71.4 Å². The predicted molar refractivity (Wildman–Crippen MR) is 104 cm³/mol. The Labute approximate surface area is 161 Å². The highest BCUT2D eigenvalue weighted by molar-refractivity contribution is 8.14. The molecule has 1 N–H and O–H groups in total. The van der Waals surface area contributed by atoms with Crippen LogP contribution in [-0.4, -0.2) is 44.4 Å². The van der Waals surface area contributed by atoms with Crippen LogP contribution >= 0.6 is 11.8 Å². The Morgan fingerprint density at radius 1 is 1.04 bits per heavy atom. The molecule has 1 aliphatic heterocycles. The molecule has 4 rings (SSSR count). The standard InChI is InChI=1S/C20H21N3O3S/c24-18-13-27-20(26)23(18)17-6-2-1-5-16(17)21-19(25)14-7-9-15(10-8-14)22-11-3-4-12-22/h3-4,7-12,16-17H,1-2,5-6,13H2,(H,21,25)/t16-,17+/m0/s1. The van der Waals surface area contributed by atoms with Gasteiger partial charge in [-0.1, -0.05) is 24.6 Å². The van der Waals surface area contributed by atoms with E-state index in [9.17, 15) is 14.4 Å². The van der Waals surface area contributed by atoms with E-state index in [1.54, 1.807) is 12.1 Å². The van der Waals surface area contributed by atoms with Gasteiger partial charge in [0.1, 0.15) is 0 Å². The minimum absolute atomic E-state index is 0.146. The van der Waals surface area contributed by atoms with E-state index in [1.807, 2.05) is 41.2 Å². The molecule has 2 aromatic rings. The molecule has 1 saturated carbocycles. The molecule has 1 saturated heterocycles. The molecule has 0 spiro atoms. The van der Waals surface area contributed by atoms with Gasteiger partial charge in [0.2, 0.25) is 5.91 Å². The molecule has 2 aliphatic rings. The van der Waals surface area contributed by atoms with Gasteiger partial charge in [0.15, 0.2) is 0 Å². The first-order chi connectivity index (χ1) is 13.1. The molecule has 1 aliphatic carbocycles. The van der Waals surface area contributed by atoms with E-state index < -0.39 is 0 Å². The summed E-state index contributed by atoms with van der Waals surface area (Å²) in [6.45, 7) is 0. The molecule has 2 fully saturated rings. The van der Waals surface area contributed by atoms with E-state index in [0.29, 0.717) is 5.56 Å². The second kappa shape index (κ2) is 7.60. The Balaban J connectivity index is 1.47. The van der Waals surface area contributed by atoms with Gasteiger partial charge in [0, 0.05) is 23.6 Å². The second-order valence-corrected chi connectivity index (χ2v) is 7.81. The van der Waals surface area contributed by atoms with Gasteiger partial charge in [-0.2, -0.15) is 0 Å². The van der Waals surface area contributed by atoms with Gasteiger partial charge < -0.3 is 9.88 Å². The third-order valence-corrected chi connectivity index (χ3v) is 6.03. The molecule has 3 amide bonds.